The fraction of sp³-hybridized carbons (Fsp3) is 0.889. The van der Waals surface area contributed by atoms with Crippen LogP contribution < -0.4 is 0 Å². The van der Waals surface area contributed by atoms with Gasteiger partial charge in [0.2, 0.25) is 0 Å². The molecule has 0 aromatic rings. The molecule has 2 fully saturated rings. The van der Waals surface area contributed by atoms with Crippen molar-refractivity contribution in [3.05, 3.63) is 0 Å². The largest absolute Gasteiger partial charge is 0.375 e. The lowest BCUT2D eigenvalue weighted by Crippen LogP contribution is -2.37. The lowest BCUT2D eigenvalue weighted by Gasteiger charge is -2.22. The Balaban J connectivity index is 2.16. The van der Waals surface area contributed by atoms with Crippen LogP contribution >= 0.6 is 0 Å². The number of hydrogen-bond donors (Lipinski definition) is 2. The van der Waals surface area contributed by atoms with Gasteiger partial charge >= 0.3 is 0 Å². The van der Waals surface area contributed by atoms with Crippen LogP contribution in [0.3, 0.4) is 0 Å². The molecule has 2 N–H and O–H groups in total. The quantitative estimate of drug-likeness (QED) is 0.551. The maximum Gasteiger partial charge on any atom is 0.184 e. The van der Waals surface area contributed by atoms with E-state index in [1.807, 2.05) is 0 Å². The summed E-state index contributed by atoms with van der Waals surface area (Å²) >= 11 is 0. The van der Waals surface area contributed by atoms with Gasteiger partial charge in [-0.05, 0) is 13.8 Å². The van der Waals surface area contributed by atoms with Crippen molar-refractivity contribution in [1.82, 2.24) is 0 Å². The number of aliphatic hydroxyl groups excluding tert-OH is 2. The van der Waals surface area contributed by atoms with E-state index in [9.17, 15) is 10.2 Å². The van der Waals surface area contributed by atoms with E-state index < -0.39 is 36.5 Å². The van der Waals surface area contributed by atoms with Gasteiger partial charge in [0.25, 0.3) is 0 Å². The van der Waals surface area contributed by atoms with Crippen molar-refractivity contribution in [2.24, 2.45) is 0 Å². The number of ether oxygens (including phenoxy) is 3. The highest BCUT2D eigenvalue weighted by atomic mass is 16.8. The number of nitriles is 1. The maximum atomic E-state index is 9.50. The Bertz CT molecular complexity index is 299. The third-order valence-electron chi connectivity index (χ3n) is 2.51. The predicted octanol–water partition coefficient (Wildman–Crippen LogP) is -0.892. The first-order valence-corrected chi connectivity index (χ1v) is 4.71. The van der Waals surface area contributed by atoms with Crippen LogP contribution in [0, 0.1) is 11.3 Å². The minimum Gasteiger partial charge on any atom is -0.375 e. The minimum atomic E-state index is -1.33. The Kier molecular flexibility index (Phi) is 2.45. The van der Waals surface area contributed by atoms with Crippen LogP contribution in [-0.4, -0.2) is 46.7 Å². The molecule has 0 unspecified atom stereocenters. The molecule has 2 aliphatic rings. The van der Waals surface area contributed by atoms with Crippen LogP contribution in [0.1, 0.15) is 13.8 Å². The average Bonchev–Trinajstić information content (AvgIpc) is 2.61. The zero-order chi connectivity index (χ0) is 11.2. The van der Waals surface area contributed by atoms with Crippen molar-refractivity contribution in [3.63, 3.8) is 0 Å². The van der Waals surface area contributed by atoms with Crippen LogP contribution in [0.4, 0.5) is 0 Å². The summed E-state index contributed by atoms with van der Waals surface area (Å²) in [7, 11) is 0. The molecule has 0 bridgehead atoms. The zero-order valence-electron chi connectivity index (χ0n) is 8.45. The first-order chi connectivity index (χ1) is 6.94. The SMILES string of the molecule is CC1(C)O[C@H]2[C@@H]([C@H](O)C#N)O[C@H](O)[C@H]2O1. The van der Waals surface area contributed by atoms with Gasteiger partial charge in [-0.3, -0.25) is 0 Å². The van der Waals surface area contributed by atoms with E-state index in [0.717, 1.165) is 0 Å². The third kappa shape index (κ3) is 1.73. The van der Waals surface area contributed by atoms with Crippen molar-refractivity contribution in [2.75, 3.05) is 0 Å². The zero-order valence-corrected chi connectivity index (χ0v) is 8.45. The first-order valence-electron chi connectivity index (χ1n) is 4.71. The fourth-order valence-electron chi connectivity index (χ4n) is 1.94. The number of rotatable bonds is 1. The molecule has 0 aromatic carbocycles. The van der Waals surface area contributed by atoms with E-state index in [0.29, 0.717) is 0 Å². The van der Waals surface area contributed by atoms with Gasteiger partial charge < -0.3 is 24.4 Å². The van der Waals surface area contributed by atoms with Gasteiger partial charge in [-0.1, -0.05) is 0 Å². The smallest absolute Gasteiger partial charge is 0.184 e. The molecular formula is C9H13NO5. The second kappa shape index (κ2) is 3.40. The molecule has 0 saturated carbocycles. The standard InChI is InChI=1S/C9H13NO5/c1-9(2)14-6-5(4(11)3-10)13-8(12)7(6)15-9/h4-8,11-12H,1-2H3/t4-,5-,6+,7+,8+/m1/s1. The van der Waals surface area contributed by atoms with Gasteiger partial charge in [0.05, 0.1) is 6.07 Å². The Hall–Kier alpha value is -0.710. The Morgan fingerprint density at radius 3 is 2.53 bits per heavy atom. The Morgan fingerprint density at radius 1 is 1.33 bits per heavy atom. The van der Waals surface area contributed by atoms with E-state index in [1.165, 1.54) is 0 Å². The minimum absolute atomic E-state index is 0.607. The molecule has 2 rings (SSSR count). The van der Waals surface area contributed by atoms with Gasteiger partial charge in [-0.15, -0.1) is 0 Å². The maximum absolute atomic E-state index is 9.50. The van der Waals surface area contributed by atoms with Crippen molar-refractivity contribution in [3.8, 4) is 6.07 Å². The van der Waals surface area contributed by atoms with Crippen molar-refractivity contribution >= 4 is 0 Å². The summed E-state index contributed by atoms with van der Waals surface area (Å²) in [6, 6.07) is 1.65. The molecule has 6 heteroatoms. The van der Waals surface area contributed by atoms with Gasteiger partial charge in [0, 0.05) is 0 Å². The molecular weight excluding hydrogens is 202 g/mol. The lowest BCUT2D eigenvalue weighted by atomic mass is 10.1. The highest BCUT2D eigenvalue weighted by Gasteiger charge is 2.56. The highest BCUT2D eigenvalue weighted by Crippen LogP contribution is 2.38. The molecule has 0 radical (unpaired) electrons. The molecule has 2 saturated heterocycles. The van der Waals surface area contributed by atoms with Gasteiger partial charge in [-0.25, -0.2) is 0 Å². The fourth-order valence-corrected chi connectivity index (χ4v) is 1.94. The van der Waals surface area contributed by atoms with E-state index in [4.69, 9.17) is 19.5 Å². The number of fused-ring (bicyclic) bond motifs is 1. The molecule has 0 aliphatic carbocycles. The summed E-state index contributed by atoms with van der Waals surface area (Å²) in [6.45, 7) is 3.40. The van der Waals surface area contributed by atoms with E-state index in [2.05, 4.69) is 0 Å². The van der Waals surface area contributed by atoms with E-state index in [-0.39, 0.29) is 0 Å². The summed E-state index contributed by atoms with van der Waals surface area (Å²) in [5, 5.41) is 27.4. The summed E-state index contributed by atoms with van der Waals surface area (Å²) in [6.07, 6.45) is -4.61. The van der Waals surface area contributed by atoms with E-state index in [1.54, 1.807) is 19.9 Å². The molecule has 2 heterocycles. The topological polar surface area (TPSA) is 91.9 Å². The van der Waals surface area contributed by atoms with Crippen molar-refractivity contribution < 1.29 is 24.4 Å². The number of hydrogen-bond acceptors (Lipinski definition) is 6. The summed E-state index contributed by atoms with van der Waals surface area (Å²) < 4.78 is 15.9. The second-order valence-corrected chi connectivity index (χ2v) is 4.13. The predicted molar refractivity (Wildman–Crippen MR) is 46.3 cm³/mol. The van der Waals surface area contributed by atoms with Gasteiger partial charge in [0.1, 0.15) is 18.3 Å². The monoisotopic (exact) mass is 215 g/mol. The van der Waals surface area contributed by atoms with Crippen molar-refractivity contribution in [2.45, 2.75) is 50.3 Å². The van der Waals surface area contributed by atoms with Gasteiger partial charge in [-0.2, -0.15) is 5.26 Å². The normalized spacial score (nSPS) is 44.7. The lowest BCUT2D eigenvalue weighted by molar-refractivity contribution is -0.227. The molecule has 15 heavy (non-hydrogen) atoms. The molecule has 2 aliphatic heterocycles. The van der Waals surface area contributed by atoms with Gasteiger partial charge in [0.15, 0.2) is 18.2 Å². The molecule has 0 aromatic heterocycles. The summed E-state index contributed by atoms with van der Waals surface area (Å²) in [5.41, 5.74) is 0. The molecule has 84 valence electrons. The Labute approximate surface area is 87.0 Å². The molecule has 5 atom stereocenters. The molecule has 6 nitrogen and oxygen atoms in total. The van der Waals surface area contributed by atoms with E-state index >= 15 is 0 Å². The molecule has 0 amide bonds. The van der Waals surface area contributed by atoms with Crippen LogP contribution in [0.15, 0.2) is 0 Å². The van der Waals surface area contributed by atoms with Crippen LogP contribution in [-0.2, 0) is 14.2 Å². The second-order valence-electron chi connectivity index (χ2n) is 4.13. The first kappa shape index (κ1) is 10.8. The van der Waals surface area contributed by atoms with Crippen LogP contribution in [0.2, 0.25) is 0 Å². The van der Waals surface area contributed by atoms with Crippen LogP contribution in [0.25, 0.3) is 0 Å². The van der Waals surface area contributed by atoms with Crippen LogP contribution in [0.5, 0.6) is 0 Å². The summed E-state index contributed by atoms with van der Waals surface area (Å²) in [5.74, 6) is -0.826. The third-order valence-corrected chi connectivity index (χ3v) is 2.51. The highest BCUT2D eigenvalue weighted by molar-refractivity contribution is 5.03. The number of aliphatic hydroxyl groups is 2. The molecule has 0 spiro atoms. The van der Waals surface area contributed by atoms with Crippen molar-refractivity contribution in [1.29, 1.82) is 5.26 Å². The number of nitrogens with zero attached hydrogens (tertiary/aromatic N) is 1. The average molecular weight is 215 g/mol. The Morgan fingerprint density at radius 2 is 1.93 bits per heavy atom. The summed E-state index contributed by atoms with van der Waals surface area (Å²) in [4.78, 5) is 0.